The molecule has 0 fully saturated rings. The highest BCUT2D eigenvalue weighted by molar-refractivity contribution is 7.98. The molecule has 1 atom stereocenters. The second kappa shape index (κ2) is 5.81. The normalized spacial score (nSPS) is 13.1. The minimum absolute atomic E-state index is 0.353. The van der Waals surface area contributed by atoms with Gasteiger partial charge in [-0.25, -0.2) is 0 Å². The van der Waals surface area contributed by atoms with E-state index in [1.165, 1.54) is 5.57 Å². The molecule has 10 heavy (non-hydrogen) atoms. The van der Waals surface area contributed by atoms with Crippen LogP contribution in [0.25, 0.3) is 0 Å². The molecule has 0 aromatic carbocycles. The van der Waals surface area contributed by atoms with Gasteiger partial charge in [-0.05, 0) is 26.0 Å². The molecule has 1 unspecified atom stereocenters. The lowest BCUT2D eigenvalue weighted by atomic mass is 10.1. The minimum atomic E-state index is 0.353. The lowest BCUT2D eigenvalue weighted by Crippen LogP contribution is -2.22. The molecule has 0 spiro atoms. The number of hydrogen-bond donors (Lipinski definition) is 1. The van der Waals surface area contributed by atoms with Crippen LogP contribution in [0.2, 0.25) is 0 Å². The fraction of sp³-hybridized carbons (Fsp3) is 0.750. The van der Waals surface area contributed by atoms with E-state index in [4.69, 9.17) is 5.73 Å². The van der Waals surface area contributed by atoms with Crippen LogP contribution in [-0.2, 0) is 0 Å². The molecule has 2 heteroatoms. The van der Waals surface area contributed by atoms with E-state index >= 15 is 0 Å². The Kier molecular flexibility index (Phi) is 5.84. The third-order valence-electron chi connectivity index (χ3n) is 1.32. The van der Waals surface area contributed by atoms with E-state index in [9.17, 15) is 0 Å². The number of rotatable bonds is 5. The Bertz CT molecular complexity index is 101. The quantitative estimate of drug-likeness (QED) is 0.621. The van der Waals surface area contributed by atoms with E-state index in [1.807, 2.05) is 6.92 Å². The highest BCUT2D eigenvalue weighted by Gasteiger charge is 1.99. The van der Waals surface area contributed by atoms with Crippen LogP contribution < -0.4 is 5.73 Å². The van der Waals surface area contributed by atoms with Crippen LogP contribution in [0.15, 0.2) is 12.2 Å². The molecule has 2 N–H and O–H groups in total. The predicted molar refractivity (Wildman–Crippen MR) is 50.4 cm³/mol. The van der Waals surface area contributed by atoms with Gasteiger partial charge in [-0.1, -0.05) is 5.57 Å². The van der Waals surface area contributed by atoms with E-state index in [2.05, 4.69) is 12.8 Å². The van der Waals surface area contributed by atoms with Crippen LogP contribution in [0.5, 0.6) is 0 Å². The molecular weight excluding hydrogens is 142 g/mol. The number of nitrogens with two attached hydrogens (primary N) is 1. The monoisotopic (exact) mass is 159 g/mol. The molecule has 0 radical (unpaired) electrons. The van der Waals surface area contributed by atoms with E-state index in [1.54, 1.807) is 11.8 Å². The standard InChI is InChI=1S/C8H17NS/c1-7(2)4-5-8(9)6-10-3/h8H,1,4-6,9H2,2-3H3. The molecule has 1 nitrogen and oxygen atoms in total. The first kappa shape index (κ1) is 10.0. The molecule has 60 valence electrons. The molecule has 0 saturated carbocycles. The van der Waals surface area contributed by atoms with Crippen LogP contribution in [0.3, 0.4) is 0 Å². The number of hydrogen-bond acceptors (Lipinski definition) is 2. The summed E-state index contributed by atoms with van der Waals surface area (Å²) in [5.74, 6) is 1.06. The van der Waals surface area contributed by atoms with E-state index in [-0.39, 0.29) is 0 Å². The maximum Gasteiger partial charge on any atom is 0.0133 e. The molecule has 0 rings (SSSR count). The highest BCUT2D eigenvalue weighted by atomic mass is 32.2. The first-order valence-corrected chi connectivity index (χ1v) is 4.95. The minimum Gasteiger partial charge on any atom is -0.327 e. The van der Waals surface area contributed by atoms with Crippen LogP contribution in [0, 0.1) is 0 Å². The van der Waals surface area contributed by atoms with Crippen molar-refractivity contribution in [1.82, 2.24) is 0 Å². The van der Waals surface area contributed by atoms with Gasteiger partial charge in [0.1, 0.15) is 0 Å². The fourth-order valence-corrected chi connectivity index (χ4v) is 1.32. The Hall–Kier alpha value is 0.0500. The SMILES string of the molecule is C=C(C)CCC(N)CSC. The van der Waals surface area contributed by atoms with E-state index < -0.39 is 0 Å². The summed E-state index contributed by atoms with van der Waals surface area (Å²) in [5, 5.41) is 0. The summed E-state index contributed by atoms with van der Waals surface area (Å²) in [7, 11) is 0. The highest BCUT2D eigenvalue weighted by Crippen LogP contribution is 2.06. The van der Waals surface area contributed by atoms with Gasteiger partial charge in [0, 0.05) is 11.8 Å². The van der Waals surface area contributed by atoms with E-state index in [0.717, 1.165) is 18.6 Å². The van der Waals surface area contributed by atoms with Gasteiger partial charge in [0.15, 0.2) is 0 Å². The number of thioether (sulfide) groups is 1. The average molecular weight is 159 g/mol. The van der Waals surface area contributed by atoms with Crippen LogP contribution in [0.4, 0.5) is 0 Å². The third kappa shape index (κ3) is 6.17. The average Bonchev–Trinajstić information content (AvgIpc) is 1.85. The van der Waals surface area contributed by atoms with Gasteiger partial charge in [-0.15, -0.1) is 6.58 Å². The number of allylic oxidation sites excluding steroid dienone is 1. The van der Waals surface area contributed by atoms with Crippen molar-refractivity contribution in [1.29, 1.82) is 0 Å². The Morgan fingerprint density at radius 3 is 2.70 bits per heavy atom. The predicted octanol–water partition coefficient (Wildman–Crippen LogP) is 2.03. The Morgan fingerprint density at radius 1 is 1.70 bits per heavy atom. The van der Waals surface area contributed by atoms with Crippen LogP contribution >= 0.6 is 11.8 Å². The lowest BCUT2D eigenvalue weighted by Gasteiger charge is -2.08. The summed E-state index contributed by atoms with van der Waals surface area (Å²) in [4.78, 5) is 0. The topological polar surface area (TPSA) is 26.0 Å². The third-order valence-corrected chi connectivity index (χ3v) is 2.08. The molecule has 0 aliphatic carbocycles. The second-order valence-electron chi connectivity index (χ2n) is 2.71. The second-order valence-corrected chi connectivity index (χ2v) is 3.62. The van der Waals surface area contributed by atoms with Gasteiger partial charge in [0.2, 0.25) is 0 Å². The summed E-state index contributed by atoms with van der Waals surface area (Å²) < 4.78 is 0. The lowest BCUT2D eigenvalue weighted by molar-refractivity contribution is 0.672. The van der Waals surface area contributed by atoms with Gasteiger partial charge in [-0.3, -0.25) is 0 Å². The maximum atomic E-state index is 5.77. The van der Waals surface area contributed by atoms with Gasteiger partial charge in [-0.2, -0.15) is 11.8 Å². The van der Waals surface area contributed by atoms with Gasteiger partial charge >= 0.3 is 0 Å². The van der Waals surface area contributed by atoms with Gasteiger partial charge in [0.25, 0.3) is 0 Å². The van der Waals surface area contributed by atoms with E-state index in [0.29, 0.717) is 6.04 Å². The molecule has 0 aromatic heterocycles. The summed E-state index contributed by atoms with van der Waals surface area (Å²) in [6.45, 7) is 5.87. The van der Waals surface area contributed by atoms with Crippen molar-refractivity contribution in [3.63, 3.8) is 0 Å². The summed E-state index contributed by atoms with van der Waals surface area (Å²) in [6.07, 6.45) is 4.23. The van der Waals surface area contributed by atoms with Crippen LogP contribution in [-0.4, -0.2) is 18.1 Å². The Morgan fingerprint density at radius 2 is 2.30 bits per heavy atom. The van der Waals surface area contributed by atoms with Crippen molar-refractivity contribution in [3.05, 3.63) is 12.2 Å². The molecule has 0 bridgehead atoms. The summed E-state index contributed by atoms with van der Waals surface area (Å²) in [5.41, 5.74) is 7.00. The molecular formula is C8H17NS. The van der Waals surface area contributed by atoms with Crippen molar-refractivity contribution >= 4 is 11.8 Å². The molecule has 0 saturated heterocycles. The zero-order valence-electron chi connectivity index (χ0n) is 6.89. The summed E-state index contributed by atoms with van der Waals surface area (Å²) >= 11 is 1.81. The molecule has 0 amide bonds. The van der Waals surface area contributed by atoms with Crippen molar-refractivity contribution in [2.75, 3.05) is 12.0 Å². The van der Waals surface area contributed by atoms with Crippen molar-refractivity contribution < 1.29 is 0 Å². The summed E-state index contributed by atoms with van der Waals surface area (Å²) in [6, 6.07) is 0.353. The Labute approximate surface area is 68.1 Å². The van der Waals surface area contributed by atoms with Gasteiger partial charge in [0.05, 0.1) is 0 Å². The van der Waals surface area contributed by atoms with Crippen molar-refractivity contribution in [3.8, 4) is 0 Å². The van der Waals surface area contributed by atoms with Crippen LogP contribution in [0.1, 0.15) is 19.8 Å². The Balaban J connectivity index is 3.21. The zero-order chi connectivity index (χ0) is 7.98. The fourth-order valence-electron chi connectivity index (χ4n) is 0.729. The van der Waals surface area contributed by atoms with Gasteiger partial charge < -0.3 is 5.73 Å². The smallest absolute Gasteiger partial charge is 0.0133 e. The molecule has 0 aliphatic rings. The van der Waals surface area contributed by atoms with Crippen molar-refractivity contribution in [2.45, 2.75) is 25.8 Å². The van der Waals surface area contributed by atoms with Crippen molar-refractivity contribution in [2.24, 2.45) is 5.73 Å². The molecule has 0 aromatic rings. The maximum absolute atomic E-state index is 5.77. The zero-order valence-corrected chi connectivity index (χ0v) is 7.71. The largest absolute Gasteiger partial charge is 0.327 e. The molecule has 0 heterocycles. The molecule has 0 aliphatic heterocycles. The first-order chi connectivity index (χ1) is 4.66. The first-order valence-electron chi connectivity index (χ1n) is 3.55.